The maximum Gasteiger partial charge on any atom is 0.228 e. The number of aryl methyl sites for hydroxylation is 3. The summed E-state index contributed by atoms with van der Waals surface area (Å²) in [5, 5.41) is 28.2. The largest absolute Gasteiger partial charge is 0.376 e. The first-order valence-electron chi connectivity index (χ1n) is 22.0. The van der Waals surface area contributed by atoms with Crippen molar-refractivity contribution >= 4 is 57.6 Å². The Morgan fingerprint density at radius 3 is 2.43 bits per heavy atom. The van der Waals surface area contributed by atoms with Crippen LogP contribution in [0.1, 0.15) is 66.1 Å². The van der Waals surface area contributed by atoms with Crippen molar-refractivity contribution in [1.29, 1.82) is 5.41 Å². The van der Waals surface area contributed by atoms with Crippen LogP contribution in [0.5, 0.6) is 0 Å². The molecule has 18 nitrogen and oxygen atoms in total. The van der Waals surface area contributed by atoms with Gasteiger partial charge >= 0.3 is 0 Å². The van der Waals surface area contributed by atoms with Crippen LogP contribution in [0.4, 0.5) is 40.9 Å². The third-order valence-electron chi connectivity index (χ3n) is 11.7. The summed E-state index contributed by atoms with van der Waals surface area (Å²) in [5.41, 5.74) is 7.99. The smallest absolute Gasteiger partial charge is 0.228 e. The van der Waals surface area contributed by atoms with E-state index in [1.807, 2.05) is 60.8 Å². The van der Waals surface area contributed by atoms with Crippen molar-refractivity contribution in [3.63, 3.8) is 0 Å². The Hall–Kier alpha value is -6.37. The van der Waals surface area contributed by atoms with Crippen LogP contribution >= 0.6 is 0 Å². The molecule has 6 aromatic rings. The lowest BCUT2D eigenvalue weighted by Crippen LogP contribution is -2.47. The van der Waals surface area contributed by atoms with Crippen LogP contribution in [0.25, 0.3) is 11.0 Å². The summed E-state index contributed by atoms with van der Waals surface area (Å²) >= 11 is 0. The number of piperazine rings is 2. The Labute approximate surface area is 367 Å². The van der Waals surface area contributed by atoms with Crippen molar-refractivity contribution in [3.8, 4) is 0 Å². The van der Waals surface area contributed by atoms with Crippen LogP contribution in [-0.2, 0) is 17.8 Å². The van der Waals surface area contributed by atoms with E-state index in [9.17, 15) is 0 Å². The van der Waals surface area contributed by atoms with E-state index in [1.54, 1.807) is 19.3 Å². The molecule has 6 aromatic heterocycles. The average Bonchev–Trinajstić information content (AvgIpc) is 3.61. The fourth-order valence-electron chi connectivity index (χ4n) is 8.61. The van der Waals surface area contributed by atoms with E-state index >= 15 is 0 Å². The maximum atomic E-state index is 8.93. The standard InChI is InChI=1S/C45H57N17O/c1-28-12-14-50-36(23-28)52-42-40(59(5)25-32-10-6-8-13-48-32)38(30(3)46)54-45(56-42)61-20-17-49-35(27-61)34-22-29(2)24-37(51-34)53-43-41-39(55-44(57-43)60-18-15-47-16-19-60)31(4)58-62(41)26-33-11-7-9-21-63-33/h6,8,10,12-14,22-24,33,35,46-47,49H,7,9,11,15-21,25-27H2,1-5H3,(H,50,52,54,56)(H,51,53,55,57). The molecule has 0 aromatic carbocycles. The van der Waals surface area contributed by atoms with Crippen LogP contribution in [0.3, 0.4) is 0 Å². The molecule has 3 aliphatic rings. The van der Waals surface area contributed by atoms with E-state index in [0.29, 0.717) is 85.0 Å². The van der Waals surface area contributed by atoms with Crippen molar-refractivity contribution in [3.05, 3.63) is 88.8 Å². The van der Waals surface area contributed by atoms with Gasteiger partial charge in [-0.1, -0.05) is 6.07 Å². The highest BCUT2D eigenvalue weighted by Gasteiger charge is 2.29. The topological polar surface area (TPSA) is 199 Å². The SMILES string of the molecule is CC(=N)c1nc(N2CCNC(c3cc(C)cc(Nc4nc(N5CCNCC5)nc5c(C)nn(CC6CCCCO6)c45)n3)C2)nc(Nc2cc(C)ccn2)c1N(C)Cc1ccccn1. The molecule has 0 bridgehead atoms. The second kappa shape index (κ2) is 18.5. The van der Waals surface area contributed by atoms with Gasteiger partial charge in [-0.3, -0.25) is 9.67 Å². The van der Waals surface area contributed by atoms with Gasteiger partial charge in [0.15, 0.2) is 11.6 Å². The molecular formula is C45H57N17O. The van der Waals surface area contributed by atoms with Gasteiger partial charge in [0.1, 0.15) is 34.1 Å². The molecule has 2 atom stereocenters. The van der Waals surface area contributed by atoms with Crippen LogP contribution in [0.15, 0.2) is 54.9 Å². The summed E-state index contributed by atoms with van der Waals surface area (Å²) in [4.78, 5) is 41.4. The summed E-state index contributed by atoms with van der Waals surface area (Å²) in [7, 11) is 1.98. The van der Waals surface area contributed by atoms with Crippen molar-refractivity contribution < 1.29 is 4.74 Å². The minimum atomic E-state index is -0.147. The lowest BCUT2D eigenvalue weighted by atomic mass is 10.1. The highest BCUT2D eigenvalue weighted by molar-refractivity contribution is 6.02. The minimum Gasteiger partial charge on any atom is -0.376 e. The van der Waals surface area contributed by atoms with Gasteiger partial charge in [-0.15, -0.1) is 0 Å². The van der Waals surface area contributed by atoms with E-state index in [-0.39, 0.29) is 12.1 Å². The fourth-order valence-corrected chi connectivity index (χ4v) is 8.61. The molecule has 5 N–H and O–H groups in total. The van der Waals surface area contributed by atoms with Crippen LogP contribution in [0.2, 0.25) is 0 Å². The Kier molecular flexibility index (Phi) is 12.3. The van der Waals surface area contributed by atoms with Gasteiger partial charge < -0.3 is 46.1 Å². The quantitative estimate of drug-likeness (QED) is 0.0929. The first-order valence-corrected chi connectivity index (χ1v) is 22.0. The highest BCUT2D eigenvalue weighted by Crippen LogP contribution is 2.35. The second-order valence-corrected chi connectivity index (χ2v) is 16.8. The van der Waals surface area contributed by atoms with Crippen LogP contribution in [-0.4, -0.2) is 116 Å². The monoisotopic (exact) mass is 851 g/mol. The molecular weight excluding hydrogens is 795 g/mol. The van der Waals surface area contributed by atoms with Gasteiger partial charge in [-0.25, -0.2) is 19.9 Å². The summed E-state index contributed by atoms with van der Waals surface area (Å²) in [5.74, 6) is 3.78. The Morgan fingerprint density at radius 2 is 1.65 bits per heavy atom. The molecule has 3 fully saturated rings. The zero-order valence-electron chi connectivity index (χ0n) is 36.8. The second-order valence-electron chi connectivity index (χ2n) is 16.8. The number of hydrogen-bond donors (Lipinski definition) is 5. The predicted octanol–water partition coefficient (Wildman–Crippen LogP) is 5.37. The Bertz CT molecular complexity index is 2570. The lowest BCUT2D eigenvalue weighted by molar-refractivity contribution is 0.00471. The molecule has 0 radical (unpaired) electrons. The zero-order valence-corrected chi connectivity index (χ0v) is 36.8. The van der Waals surface area contributed by atoms with Gasteiger partial charge in [0.05, 0.1) is 48.0 Å². The van der Waals surface area contributed by atoms with Crippen molar-refractivity contribution in [2.45, 2.75) is 72.2 Å². The Balaban J connectivity index is 1.04. The van der Waals surface area contributed by atoms with Gasteiger partial charge in [0.25, 0.3) is 0 Å². The van der Waals surface area contributed by atoms with Gasteiger partial charge in [0.2, 0.25) is 11.9 Å². The van der Waals surface area contributed by atoms with E-state index in [0.717, 1.165) is 91.3 Å². The van der Waals surface area contributed by atoms with Crippen molar-refractivity contribution in [2.75, 3.05) is 84.8 Å². The minimum absolute atomic E-state index is 0.0868. The summed E-state index contributed by atoms with van der Waals surface area (Å²) in [6.45, 7) is 15.1. The number of pyridine rings is 3. The van der Waals surface area contributed by atoms with Gasteiger partial charge in [-0.05, 0) is 94.5 Å². The average molecular weight is 852 g/mol. The van der Waals surface area contributed by atoms with E-state index < -0.39 is 0 Å². The molecule has 3 saturated heterocycles. The lowest BCUT2D eigenvalue weighted by Gasteiger charge is -2.34. The number of fused-ring (bicyclic) bond motifs is 1. The molecule has 18 heteroatoms. The predicted molar refractivity (Wildman–Crippen MR) is 247 cm³/mol. The molecule has 0 aliphatic carbocycles. The fraction of sp³-hybridized carbons (Fsp3) is 0.444. The normalized spacial score (nSPS) is 18.1. The highest BCUT2D eigenvalue weighted by atomic mass is 16.5. The number of anilines is 7. The zero-order chi connectivity index (χ0) is 43.5. The molecule has 63 heavy (non-hydrogen) atoms. The Morgan fingerprint density at radius 1 is 0.857 bits per heavy atom. The third-order valence-corrected chi connectivity index (χ3v) is 11.7. The summed E-state index contributed by atoms with van der Waals surface area (Å²) in [6, 6.07) is 13.8. The van der Waals surface area contributed by atoms with Crippen molar-refractivity contribution in [2.24, 2.45) is 0 Å². The number of nitrogens with zero attached hydrogens (tertiary/aromatic N) is 12. The van der Waals surface area contributed by atoms with Gasteiger partial charge in [-0.2, -0.15) is 15.1 Å². The number of nitrogens with one attached hydrogen (secondary N) is 5. The molecule has 0 amide bonds. The van der Waals surface area contributed by atoms with Crippen molar-refractivity contribution in [1.82, 2.24) is 55.3 Å². The number of ether oxygens (including phenoxy) is 1. The third kappa shape index (κ3) is 9.52. The molecule has 9 rings (SSSR count). The first-order chi connectivity index (χ1) is 30.6. The first kappa shape index (κ1) is 42.0. The van der Waals surface area contributed by atoms with E-state index in [4.69, 9.17) is 40.2 Å². The molecule has 9 heterocycles. The molecule has 0 saturated carbocycles. The van der Waals surface area contributed by atoms with Crippen LogP contribution < -0.4 is 36.0 Å². The van der Waals surface area contributed by atoms with Crippen LogP contribution in [0, 0.1) is 26.2 Å². The summed E-state index contributed by atoms with van der Waals surface area (Å²) < 4.78 is 8.18. The van der Waals surface area contributed by atoms with Gasteiger partial charge in [0, 0.05) is 71.9 Å². The molecule has 0 spiro atoms. The number of hydrogen-bond acceptors (Lipinski definition) is 17. The van der Waals surface area contributed by atoms with E-state index in [2.05, 4.69) is 60.1 Å². The van der Waals surface area contributed by atoms with E-state index in [1.165, 1.54) is 0 Å². The summed E-state index contributed by atoms with van der Waals surface area (Å²) in [6.07, 6.45) is 6.89. The number of aromatic nitrogens is 9. The maximum absolute atomic E-state index is 8.93. The molecule has 2 unspecified atom stereocenters. The molecule has 328 valence electrons. The number of rotatable bonds is 13. The molecule has 3 aliphatic heterocycles.